The number of nitrogens with one attached hydrogen (secondary N) is 1. The van der Waals surface area contributed by atoms with Gasteiger partial charge in [-0.05, 0) is 22.1 Å². The van der Waals surface area contributed by atoms with Crippen molar-refractivity contribution in [3.8, 4) is 11.1 Å². The molecule has 1 aliphatic heterocycles. The van der Waals surface area contributed by atoms with Gasteiger partial charge in [-0.15, -0.1) is 5.10 Å². The van der Waals surface area contributed by atoms with E-state index in [2.05, 4.69) is 15.6 Å². The van der Waals surface area contributed by atoms with Gasteiger partial charge in [0, 0.05) is 19.4 Å². The standard InChI is InChI=1S/C29H34N6O6/c1-29(2,3)24(35-16-22(28(40)41)32-33-35)27(39)34-15-20(36)14-23(34)26(38)31-21(25(30)37)13-17-9-11-19(12-10-17)18-7-5-4-6-8-18/h4-12,16,20-21,23-24,36H,13-15H2,1-3H3,(H2,30,37)(H,31,38)(H,40,41)/t20-,21-,23+,24-/m1/s1. The molecule has 12 nitrogen and oxygen atoms in total. The zero-order valence-corrected chi connectivity index (χ0v) is 23.1. The second-order valence-corrected chi connectivity index (χ2v) is 11.3. The molecule has 1 aromatic heterocycles. The lowest BCUT2D eigenvalue weighted by Gasteiger charge is -2.34. The highest BCUT2D eigenvalue weighted by molar-refractivity contribution is 5.93. The Kier molecular flexibility index (Phi) is 8.52. The van der Waals surface area contributed by atoms with Gasteiger partial charge < -0.3 is 26.2 Å². The van der Waals surface area contributed by atoms with Crippen LogP contribution >= 0.6 is 0 Å². The van der Waals surface area contributed by atoms with Crippen LogP contribution in [-0.2, 0) is 20.8 Å². The zero-order chi connectivity index (χ0) is 29.9. The summed E-state index contributed by atoms with van der Waals surface area (Å²) in [6.07, 6.45) is 0.284. The largest absolute Gasteiger partial charge is 0.476 e. The molecular formula is C29H34N6O6. The summed E-state index contributed by atoms with van der Waals surface area (Å²) < 4.78 is 1.16. The molecule has 0 spiro atoms. The van der Waals surface area contributed by atoms with Crippen LogP contribution in [0.1, 0.15) is 49.3 Å². The van der Waals surface area contributed by atoms with Crippen molar-refractivity contribution in [3.63, 3.8) is 0 Å². The van der Waals surface area contributed by atoms with Crippen molar-refractivity contribution in [2.75, 3.05) is 6.54 Å². The van der Waals surface area contributed by atoms with E-state index in [4.69, 9.17) is 5.73 Å². The van der Waals surface area contributed by atoms with Crippen molar-refractivity contribution in [1.29, 1.82) is 0 Å². The number of primary amides is 1. The summed E-state index contributed by atoms with van der Waals surface area (Å²) >= 11 is 0. The molecule has 41 heavy (non-hydrogen) atoms. The van der Waals surface area contributed by atoms with Crippen LogP contribution in [-0.4, -0.2) is 78.5 Å². The van der Waals surface area contributed by atoms with Crippen LogP contribution in [0.4, 0.5) is 0 Å². The Morgan fingerprint density at radius 3 is 2.24 bits per heavy atom. The van der Waals surface area contributed by atoms with E-state index in [0.29, 0.717) is 0 Å². The molecule has 0 aliphatic carbocycles. The average Bonchev–Trinajstić information content (AvgIpc) is 3.55. The highest BCUT2D eigenvalue weighted by Gasteiger charge is 2.45. The van der Waals surface area contributed by atoms with E-state index in [0.717, 1.165) is 27.6 Å². The van der Waals surface area contributed by atoms with Gasteiger partial charge in [0.15, 0.2) is 5.69 Å². The fraction of sp³-hybridized carbons (Fsp3) is 0.379. The monoisotopic (exact) mass is 562 g/mol. The summed E-state index contributed by atoms with van der Waals surface area (Å²) in [7, 11) is 0. The number of amides is 3. The van der Waals surface area contributed by atoms with E-state index in [1.807, 2.05) is 54.6 Å². The molecule has 3 aromatic rings. The fourth-order valence-corrected chi connectivity index (χ4v) is 5.03. The maximum absolute atomic E-state index is 13.8. The summed E-state index contributed by atoms with van der Waals surface area (Å²) in [6, 6.07) is 14.2. The molecular weight excluding hydrogens is 528 g/mol. The average molecular weight is 563 g/mol. The second-order valence-electron chi connectivity index (χ2n) is 11.3. The van der Waals surface area contributed by atoms with Gasteiger partial charge in [0.05, 0.1) is 12.3 Å². The number of rotatable bonds is 9. The Bertz CT molecular complexity index is 1420. The smallest absolute Gasteiger partial charge is 0.358 e. The SMILES string of the molecule is CC(C)(C)[C@@H](C(=O)N1C[C@H](O)C[C@H]1C(=O)N[C@H](Cc1ccc(-c2ccccc2)cc1)C(N)=O)n1cc(C(=O)O)nn1. The summed E-state index contributed by atoms with van der Waals surface area (Å²) in [5.41, 5.74) is 7.37. The Hall–Kier alpha value is -4.58. The second kappa shape index (κ2) is 11.9. The van der Waals surface area contributed by atoms with E-state index >= 15 is 0 Å². The molecule has 1 saturated heterocycles. The molecule has 0 bridgehead atoms. The Morgan fingerprint density at radius 1 is 1.05 bits per heavy atom. The van der Waals surface area contributed by atoms with Crippen molar-refractivity contribution >= 4 is 23.7 Å². The van der Waals surface area contributed by atoms with Crippen molar-refractivity contribution in [3.05, 3.63) is 72.1 Å². The Labute approximate surface area is 237 Å². The number of carboxylic acids is 1. The number of hydrogen-bond acceptors (Lipinski definition) is 7. The molecule has 0 unspecified atom stereocenters. The third-order valence-corrected chi connectivity index (χ3v) is 7.07. The predicted molar refractivity (Wildman–Crippen MR) is 148 cm³/mol. The van der Waals surface area contributed by atoms with Gasteiger partial charge in [-0.2, -0.15) is 0 Å². The predicted octanol–water partition coefficient (Wildman–Crippen LogP) is 1.41. The van der Waals surface area contributed by atoms with Crippen LogP contribution in [0.3, 0.4) is 0 Å². The molecule has 216 valence electrons. The van der Waals surface area contributed by atoms with Gasteiger partial charge in [0.25, 0.3) is 0 Å². The van der Waals surface area contributed by atoms with Crippen LogP contribution in [0.2, 0.25) is 0 Å². The number of benzene rings is 2. The number of hydrogen-bond donors (Lipinski definition) is 4. The Morgan fingerprint density at radius 2 is 1.68 bits per heavy atom. The summed E-state index contributed by atoms with van der Waals surface area (Å²) in [6.45, 7) is 5.19. The van der Waals surface area contributed by atoms with Gasteiger partial charge >= 0.3 is 5.97 Å². The molecule has 0 radical (unpaired) electrons. The summed E-state index contributed by atoms with van der Waals surface area (Å²) in [5.74, 6) is -3.20. The molecule has 0 saturated carbocycles. The molecule has 5 N–H and O–H groups in total. The first-order valence-corrected chi connectivity index (χ1v) is 13.2. The summed E-state index contributed by atoms with van der Waals surface area (Å²) in [4.78, 5) is 52.1. The van der Waals surface area contributed by atoms with Crippen LogP contribution in [0, 0.1) is 5.41 Å². The quantitative estimate of drug-likeness (QED) is 0.302. The first kappa shape index (κ1) is 29.4. The lowest BCUT2D eigenvalue weighted by atomic mass is 9.85. The van der Waals surface area contributed by atoms with Gasteiger partial charge in [-0.25, -0.2) is 9.48 Å². The normalized spacial score (nSPS) is 18.5. The van der Waals surface area contributed by atoms with Crippen LogP contribution in [0.25, 0.3) is 11.1 Å². The number of β-amino-alcohol motifs (C(OH)–C–C–N with tert-alkyl or cyclic N) is 1. The van der Waals surface area contributed by atoms with Gasteiger partial charge in [0.1, 0.15) is 18.1 Å². The maximum Gasteiger partial charge on any atom is 0.358 e. The number of carboxylic acid groups (broad SMARTS) is 1. The molecule has 3 amide bonds. The number of aliphatic hydroxyl groups is 1. The van der Waals surface area contributed by atoms with Crippen LogP contribution < -0.4 is 11.1 Å². The minimum Gasteiger partial charge on any atom is -0.476 e. The van der Waals surface area contributed by atoms with E-state index in [1.54, 1.807) is 20.8 Å². The van der Waals surface area contributed by atoms with Crippen molar-refractivity contribution in [2.45, 2.75) is 57.8 Å². The third kappa shape index (κ3) is 6.77. The first-order chi connectivity index (χ1) is 19.3. The highest BCUT2D eigenvalue weighted by atomic mass is 16.4. The summed E-state index contributed by atoms with van der Waals surface area (Å²) in [5, 5.41) is 29.8. The number of aliphatic hydroxyl groups excluding tert-OH is 1. The van der Waals surface area contributed by atoms with Crippen molar-refractivity contribution < 1.29 is 29.4 Å². The lowest BCUT2D eigenvalue weighted by Crippen LogP contribution is -2.54. The number of carbonyl (C=O) groups excluding carboxylic acids is 3. The van der Waals surface area contributed by atoms with E-state index < -0.39 is 53.3 Å². The van der Waals surface area contributed by atoms with E-state index in [-0.39, 0.29) is 25.1 Å². The number of carbonyl (C=O) groups is 4. The maximum atomic E-state index is 13.8. The molecule has 1 aliphatic rings. The van der Waals surface area contributed by atoms with Gasteiger partial charge in [0.2, 0.25) is 17.7 Å². The topological polar surface area (TPSA) is 181 Å². The molecule has 2 aromatic carbocycles. The van der Waals surface area contributed by atoms with Gasteiger partial charge in [-0.1, -0.05) is 80.6 Å². The molecule has 4 atom stereocenters. The number of aromatic carboxylic acids is 1. The van der Waals surface area contributed by atoms with Crippen molar-refractivity contribution in [1.82, 2.24) is 25.2 Å². The highest BCUT2D eigenvalue weighted by Crippen LogP contribution is 2.34. The lowest BCUT2D eigenvalue weighted by molar-refractivity contribution is -0.144. The third-order valence-electron chi connectivity index (χ3n) is 7.07. The molecule has 12 heteroatoms. The number of nitrogens with zero attached hydrogens (tertiary/aromatic N) is 4. The minimum absolute atomic E-state index is 0.0383. The van der Waals surface area contributed by atoms with Gasteiger partial charge in [-0.3, -0.25) is 14.4 Å². The van der Waals surface area contributed by atoms with Crippen LogP contribution in [0.5, 0.6) is 0 Å². The van der Waals surface area contributed by atoms with Crippen molar-refractivity contribution in [2.24, 2.45) is 11.1 Å². The molecule has 4 rings (SSSR count). The zero-order valence-electron chi connectivity index (χ0n) is 23.1. The number of nitrogens with two attached hydrogens (primary N) is 1. The molecule has 2 heterocycles. The van der Waals surface area contributed by atoms with E-state index in [1.165, 1.54) is 4.90 Å². The number of aromatic nitrogens is 3. The minimum atomic E-state index is -1.29. The molecule has 1 fully saturated rings. The fourth-order valence-electron chi connectivity index (χ4n) is 5.03. The number of likely N-dealkylation sites (tertiary alicyclic amines) is 1. The Balaban J connectivity index is 1.51. The first-order valence-electron chi connectivity index (χ1n) is 13.2. The van der Waals surface area contributed by atoms with E-state index in [9.17, 15) is 29.4 Å². The van der Waals surface area contributed by atoms with Crippen LogP contribution in [0.15, 0.2) is 60.8 Å².